The number of allylic oxidation sites excluding steroid dienone is 1. The van der Waals surface area contributed by atoms with Gasteiger partial charge in [0, 0.05) is 42.4 Å². The van der Waals surface area contributed by atoms with Gasteiger partial charge in [-0.1, -0.05) is 26.0 Å². The molecule has 3 aliphatic rings. The molecular formula is C30H37N3O6. The molecule has 2 heterocycles. The zero-order valence-corrected chi connectivity index (χ0v) is 23.3. The molecule has 0 radical (unpaired) electrons. The van der Waals surface area contributed by atoms with Crippen molar-refractivity contribution in [3.8, 4) is 17.2 Å². The van der Waals surface area contributed by atoms with Gasteiger partial charge in [-0.25, -0.2) is 0 Å². The molecule has 0 bridgehead atoms. The third-order valence-electron chi connectivity index (χ3n) is 7.70. The van der Waals surface area contributed by atoms with Crippen LogP contribution in [0, 0.1) is 5.41 Å². The number of methoxy groups -OCH3 is 3. The Kier molecular flexibility index (Phi) is 7.44. The lowest BCUT2D eigenvalue weighted by Gasteiger charge is -2.39. The molecule has 0 aromatic heterocycles. The minimum absolute atomic E-state index is 0.0230. The predicted molar refractivity (Wildman–Crippen MR) is 149 cm³/mol. The van der Waals surface area contributed by atoms with Crippen LogP contribution in [0.2, 0.25) is 0 Å². The average molecular weight is 536 g/mol. The molecule has 1 fully saturated rings. The summed E-state index contributed by atoms with van der Waals surface area (Å²) in [4.78, 5) is 31.6. The number of para-hydroxylation sites is 2. The van der Waals surface area contributed by atoms with Gasteiger partial charge in [0.25, 0.3) is 0 Å². The zero-order valence-electron chi connectivity index (χ0n) is 23.3. The summed E-state index contributed by atoms with van der Waals surface area (Å²) in [6, 6.07) is 10.9. The first-order valence-corrected chi connectivity index (χ1v) is 13.3. The van der Waals surface area contributed by atoms with E-state index in [1.807, 2.05) is 40.1 Å². The highest BCUT2D eigenvalue weighted by molar-refractivity contribution is 6.02. The van der Waals surface area contributed by atoms with E-state index in [2.05, 4.69) is 19.2 Å². The fourth-order valence-corrected chi connectivity index (χ4v) is 5.88. The summed E-state index contributed by atoms with van der Waals surface area (Å²) < 4.78 is 22.6. The van der Waals surface area contributed by atoms with Crippen LogP contribution < -0.4 is 24.4 Å². The molecule has 9 nitrogen and oxygen atoms in total. The fraction of sp³-hybridized carbons (Fsp3) is 0.467. The second-order valence-corrected chi connectivity index (χ2v) is 10.9. The minimum atomic E-state index is -0.598. The Morgan fingerprint density at radius 1 is 1.00 bits per heavy atom. The van der Waals surface area contributed by atoms with Crippen LogP contribution in [0.1, 0.15) is 38.3 Å². The molecule has 9 heteroatoms. The molecule has 1 unspecified atom stereocenters. The van der Waals surface area contributed by atoms with Gasteiger partial charge >= 0.3 is 0 Å². The van der Waals surface area contributed by atoms with Gasteiger partial charge in [-0.05, 0) is 30.0 Å². The van der Waals surface area contributed by atoms with Crippen LogP contribution in [0.25, 0.3) is 0 Å². The molecule has 1 amide bonds. The largest absolute Gasteiger partial charge is 0.496 e. The molecule has 1 saturated heterocycles. The number of carbonyl (C=O) groups is 2. The van der Waals surface area contributed by atoms with E-state index >= 15 is 0 Å². The second kappa shape index (κ2) is 10.8. The maximum atomic E-state index is 14.0. The number of benzene rings is 2. The number of rotatable bonds is 6. The van der Waals surface area contributed by atoms with Crippen LogP contribution >= 0.6 is 0 Å². The Morgan fingerprint density at radius 3 is 2.36 bits per heavy atom. The molecule has 1 atom stereocenters. The molecule has 0 saturated carbocycles. The Balaban J connectivity index is 1.74. The molecule has 1 N–H and O–H groups in total. The van der Waals surface area contributed by atoms with E-state index in [1.54, 1.807) is 27.4 Å². The maximum absolute atomic E-state index is 14.0. The normalized spacial score (nSPS) is 20.4. The molecule has 2 aromatic carbocycles. The molecule has 1 aliphatic carbocycles. The summed E-state index contributed by atoms with van der Waals surface area (Å²) in [5.74, 6) is 1.61. The van der Waals surface area contributed by atoms with Gasteiger partial charge in [0.15, 0.2) is 17.3 Å². The van der Waals surface area contributed by atoms with Crippen LogP contribution in [0.15, 0.2) is 47.7 Å². The number of anilines is 2. The number of fused-ring (bicyclic) bond motifs is 1. The number of Topliss-reactive ketones (excluding diaryl/α,β-unsaturated/α-hetero) is 1. The monoisotopic (exact) mass is 535 g/mol. The Bertz CT molecular complexity index is 1300. The first kappa shape index (κ1) is 26.9. The van der Waals surface area contributed by atoms with E-state index < -0.39 is 6.04 Å². The van der Waals surface area contributed by atoms with E-state index in [0.717, 1.165) is 22.6 Å². The lowest BCUT2D eigenvalue weighted by Crippen LogP contribution is -2.47. The van der Waals surface area contributed by atoms with Crippen molar-refractivity contribution in [2.45, 2.75) is 32.7 Å². The molecule has 0 spiro atoms. The number of nitrogens with zero attached hydrogens (tertiary/aromatic N) is 2. The summed E-state index contributed by atoms with van der Waals surface area (Å²) in [7, 11) is 4.75. The fourth-order valence-electron chi connectivity index (χ4n) is 5.88. The van der Waals surface area contributed by atoms with Crippen LogP contribution in [0.4, 0.5) is 11.4 Å². The standard InChI is InChI=1S/C30H37N3O6/c1-30(2)16-21-28(23(34)17-30)29(19-14-25(37-4)26(38-5)15-24(19)36-3)33(22-9-7-6-8-20(22)31-21)18-27(35)32-10-12-39-13-11-32/h6-9,14-15,29,31H,10-13,16-18H2,1-5H3. The zero-order chi connectivity index (χ0) is 27.7. The van der Waals surface area contributed by atoms with Crippen molar-refractivity contribution >= 4 is 23.1 Å². The number of amides is 1. The van der Waals surface area contributed by atoms with Crippen molar-refractivity contribution in [3.05, 3.63) is 53.2 Å². The van der Waals surface area contributed by atoms with Crippen molar-refractivity contribution in [2.75, 3.05) is 64.4 Å². The van der Waals surface area contributed by atoms with E-state index in [0.29, 0.717) is 62.0 Å². The van der Waals surface area contributed by atoms with Crippen molar-refractivity contribution < 1.29 is 28.5 Å². The van der Waals surface area contributed by atoms with Crippen LogP contribution in [0.5, 0.6) is 17.2 Å². The van der Waals surface area contributed by atoms with Crippen LogP contribution in [0.3, 0.4) is 0 Å². The Morgan fingerprint density at radius 2 is 1.67 bits per heavy atom. The highest BCUT2D eigenvalue weighted by atomic mass is 16.5. The molecule has 2 aliphatic heterocycles. The average Bonchev–Trinajstić information content (AvgIpc) is 3.06. The number of nitrogens with one attached hydrogen (secondary N) is 1. The van der Waals surface area contributed by atoms with Gasteiger partial charge in [0.2, 0.25) is 5.91 Å². The summed E-state index contributed by atoms with van der Waals surface area (Å²) >= 11 is 0. The van der Waals surface area contributed by atoms with Gasteiger partial charge < -0.3 is 34.1 Å². The van der Waals surface area contributed by atoms with E-state index in [-0.39, 0.29) is 23.7 Å². The molecule has 39 heavy (non-hydrogen) atoms. The maximum Gasteiger partial charge on any atom is 0.242 e. The van der Waals surface area contributed by atoms with Gasteiger partial charge in [-0.3, -0.25) is 9.59 Å². The van der Waals surface area contributed by atoms with Crippen LogP contribution in [-0.4, -0.2) is 70.8 Å². The van der Waals surface area contributed by atoms with Gasteiger partial charge in [0.1, 0.15) is 5.75 Å². The summed E-state index contributed by atoms with van der Waals surface area (Å²) in [6.45, 7) is 6.40. The van der Waals surface area contributed by atoms with Crippen LogP contribution in [-0.2, 0) is 14.3 Å². The SMILES string of the molecule is COc1cc(OC)c(C2C3=C(CC(C)(C)CC3=O)Nc3ccccc3N2CC(=O)N2CCOCC2)cc1OC. The summed E-state index contributed by atoms with van der Waals surface area (Å²) in [5.41, 5.74) is 3.72. The molecule has 5 rings (SSSR count). The molecular weight excluding hydrogens is 498 g/mol. The van der Waals surface area contributed by atoms with E-state index in [1.165, 1.54) is 0 Å². The highest BCUT2D eigenvalue weighted by Crippen LogP contribution is 2.51. The van der Waals surface area contributed by atoms with Crippen molar-refractivity contribution in [1.82, 2.24) is 4.90 Å². The highest BCUT2D eigenvalue weighted by Gasteiger charge is 2.43. The van der Waals surface area contributed by atoms with E-state index in [9.17, 15) is 9.59 Å². The lowest BCUT2D eigenvalue weighted by atomic mass is 9.73. The Labute approximate surface area is 229 Å². The third kappa shape index (κ3) is 5.15. The number of ketones is 1. The number of ether oxygens (including phenoxy) is 4. The van der Waals surface area contributed by atoms with Crippen molar-refractivity contribution in [3.63, 3.8) is 0 Å². The second-order valence-electron chi connectivity index (χ2n) is 10.9. The number of carbonyl (C=O) groups excluding carboxylic acids is 2. The van der Waals surface area contributed by atoms with Crippen molar-refractivity contribution in [1.29, 1.82) is 0 Å². The Hall–Kier alpha value is -3.72. The topological polar surface area (TPSA) is 89.6 Å². The molecule has 208 valence electrons. The van der Waals surface area contributed by atoms with Gasteiger partial charge in [0.05, 0.1) is 58.5 Å². The molecule has 2 aromatic rings. The van der Waals surface area contributed by atoms with Crippen molar-refractivity contribution in [2.24, 2.45) is 5.41 Å². The lowest BCUT2D eigenvalue weighted by molar-refractivity contribution is -0.133. The van der Waals surface area contributed by atoms with Gasteiger partial charge in [-0.15, -0.1) is 0 Å². The number of morpholine rings is 1. The quantitative estimate of drug-likeness (QED) is 0.589. The summed E-state index contributed by atoms with van der Waals surface area (Å²) in [6.07, 6.45) is 1.10. The predicted octanol–water partition coefficient (Wildman–Crippen LogP) is 4.19. The first-order chi connectivity index (χ1) is 18.8. The third-order valence-corrected chi connectivity index (χ3v) is 7.70. The first-order valence-electron chi connectivity index (χ1n) is 13.3. The number of hydrogen-bond donors (Lipinski definition) is 1. The van der Waals surface area contributed by atoms with E-state index in [4.69, 9.17) is 18.9 Å². The summed E-state index contributed by atoms with van der Waals surface area (Å²) in [5, 5.41) is 3.59. The minimum Gasteiger partial charge on any atom is -0.496 e. The van der Waals surface area contributed by atoms with Gasteiger partial charge in [-0.2, -0.15) is 0 Å². The number of hydrogen-bond acceptors (Lipinski definition) is 8. The smallest absolute Gasteiger partial charge is 0.242 e.